The van der Waals surface area contributed by atoms with E-state index in [1.54, 1.807) is 17.0 Å². The van der Waals surface area contributed by atoms with Gasteiger partial charge in [0.05, 0.1) is 5.69 Å². The first-order valence-corrected chi connectivity index (χ1v) is 7.33. The van der Waals surface area contributed by atoms with E-state index in [0.29, 0.717) is 6.04 Å². The number of nitrogens with one attached hydrogen (secondary N) is 2. The molecule has 0 spiro atoms. The fourth-order valence-electron chi connectivity index (χ4n) is 2.30. The number of aromatic nitrogens is 2. The molecular weight excluding hydrogens is 250 g/mol. The Morgan fingerprint density at radius 2 is 2.00 bits per heavy atom. The lowest BCUT2D eigenvalue weighted by molar-refractivity contribution is 0.615. The minimum atomic E-state index is -0.112. The zero-order valence-electron chi connectivity index (χ0n) is 12.2. The normalized spacial score (nSPS) is 12.3. The van der Waals surface area contributed by atoms with Gasteiger partial charge in [-0.2, -0.15) is 0 Å². The minimum Gasteiger partial charge on any atom is -0.383 e. The smallest absolute Gasteiger partial charge is 0.330 e. The summed E-state index contributed by atoms with van der Waals surface area (Å²) in [5.41, 5.74) is 1.86. The Morgan fingerprint density at radius 3 is 2.60 bits per heavy atom. The summed E-state index contributed by atoms with van der Waals surface area (Å²) in [4.78, 5) is 14.2. The van der Waals surface area contributed by atoms with Gasteiger partial charge in [-0.1, -0.05) is 26.2 Å². The van der Waals surface area contributed by atoms with Crippen molar-refractivity contribution in [1.29, 1.82) is 0 Å². The highest BCUT2D eigenvalue weighted by Crippen LogP contribution is 2.14. The van der Waals surface area contributed by atoms with Crippen molar-refractivity contribution in [3.63, 3.8) is 0 Å². The van der Waals surface area contributed by atoms with Gasteiger partial charge in [-0.25, -0.2) is 4.79 Å². The summed E-state index contributed by atoms with van der Waals surface area (Å²) in [7, 11) is 0. The number of hydrogen-bond donors (Lipinski definition) is 2. The van der Waals surface area contributed by atoms with E-state index in [4.69, 9.17) is 0 Å². The number of H-pyrrole nitrogens is 1. The summed E-state index contributed by atoms with van der Waals surface area (Å²) >= 11 is 0. The number of anilines is 1. The van der Waals surface area contributed by atoms with E-state index in [9.17, 15) is 4.79 Å². The molecule has 2 N–H and O–H groups in total. The fourth-order valence-corrected chi connectivity index (χ4v) is 2.30. The molecule has 1 aromatic carbocycles. The monoisotopic (exact) mass is 273 g/mol. The summed E-state index contributed by atoms with van der Waals surface area (Å²) < 4.78 is 1.59. The highest BCUT2D eigenvalue weighted by atomic mass is 16.1. The molecule has 20 heavy (non-hydrogen) atoms. The van der Waals surface area contributed by atoms with E-state index < -0.39 is 0 Å². The van der Waals surface area contributed by atoms with Crippen LogP contribution in [0.15, 0.2) is 41.5 Å². The largest absolute Gasteiger partial charge is 0.383 e. The third-order valence-corrected chi connectivity index (χ3v) is 3.45. The topological polar surface area (TPSA) is 49.8 Å². The second-order valence-electron chi connectivity index (χ2n) is 5.22. The van der Waals surface area contributed by atoms with Crippen LogP contribution in [-0.2, 0) is 0 Å². The zero-order valence-corrected chi connectivity index (χ0v) is 12.2. The Balaban J connectivity index is 1.95. The Hall–Kier alpha value is -1.97. The SMILES string of the molecule is CCCCCC(C)Nc1ccc(-n2cc[nH]c2=O)cc1. The van der Waals surface area contributed by atoms with Gasteiger partial charge < -0.3 is 10.3 Å². The van der Waals surface area contributed by atoms with Crippen molar-refractivity contribution >= 4 is 5.69 Å². The Bertz CT molecular complexity index is 568. The molecule has 0 amide bonds. The molecule has 0 aliphatic heterocycles. The van der Waals surface area contributed by atoms with Crippen molar-refractivity contribution in [2.75, 3.05) is 5.32 Å². The van der Waals surface area contributed by atoms with Crippen molar-refractivity contribution in [2.45, 2.75) is 45.6 Å². The molecule has 4 nitrogen and oxygen atoms in total. The van der Waals surface area contributed by atoms with Gasteiger partial charge in [-0.3, -0.25) is 4.57 Å². The molecule has 1 heterocycles. The van der Waals surface area contributed by atoms with E-state index in [2.05, 4.69) is 24.1 Å². The predicted octanol–water partition coefficient (Wildman–Crippen LogP) is 3.55. The van der Waals surface area contributed by atoms with Crippen molar-refractivity contribution in [3.8, 4) is 5.69 Å². The number of unbranched alkanes of at least 4 members (excludes halogenated alkanes) is 2. The van der Waals surface area contributed by atoms with Crippen molar-refractivity contribution in [1.82, 2.24) is 9.55 Å². The van der Waals surface area contributed by atoms with Crippen LogP contribution in [0.25, 0.3) is 5.69 Å². The number of benzene rings is 1. The van der Waals surface area contributed by atoms with Gasteiger partial charge in [-0.05, 0) is 37.6 Å². The van der Waals surface area contributed by atoms with E-state index in [1.807, 2.05) is 24.3 Å². The van der Waals surface area contributed by atoms with Crippen molar-refractivity contribution in [2.24, 2.45) is 0 Å². The summed E-state index contributed by atoms with van der Waals surface area (Å²) in [5.74, 6) is 0. The lowest BCUT2D eigenvalue weighted by atomic mass is 10.1. The maximum absolute atomic E-state index is 11.5. The van der Waals surface area contributed by atoms with Gasteiger partial charge in [0.1, 0.15) is 0 Å². The first-order chi connectivity index (χ1) is 9.70. The summed E-state index contributed by atoms with van der Waals surface area (Å²) in [6.45, 7) is 4.43. The molecule has 2 aromatic rings. The molecule has 0 aliphatic carbocycles. The lowest BCUT2D eigenvalue weighted by Crippen LogP contribution is -2.16. The van der Waals surface area contributed by atoms with Gasteiger partial charge in [0, 0.05) is 24.1 Å². The summed E-state index contributed by atoms with van der Waals surface area (Å²) in [6.07, 6.45) is 8.38. The van der Waals surface area contributed by atoms with Gasteiger partial charge in [0.25, 0.3) is 0 Å². The second-order valence-corrected chi connectivity index (χ2v) is 5.22. The highest BCUT2D eigenvalue weighted by molar-refractivity contribution is 5.49. The Kier molecular flexibility index (Phi) is 5.04. The van der Waals surface area contributed by atoms with Crippen LogP contribution in [0.3, 0.4) is 0 Å². The van der Waals surface area contributed by atoms with Gasteiger partial charge in [-0.15, -0.1) is 0 Å². The number of imidazole rings is 1. The van der Waals surface area contributed by atoms with Crippen LogP contribution < -0.4 is 11.0 Å². The molecule has 0 saturated heterocycles. The van der Waals surface area contributed by atoms with Crippen LogP contribution in [0.4, 0.5) is 5.69 Å². The predicted molar refractivity (Wildman–Crippen MR) is 83.6 cm³/mol. The van der Waals surface area contributed by atoms with Gasteiger partial charge in [0.2, 0.25) is 0 Å². The standard InChI is InChI=1S/C16H23N3O/c1-3-4-5-6-13(2)18-14-7-9-15(10-8-14)19-12-11-17-16(19)20/h7-13,18H,3-6H2,1-2H3,(H,17,20). The molecule has 0 radical (unpaired) electrons. The molecular formula is C16H23N3O. The van der Waals surface area contributed by atoms with E-state index in [-0.39, 0.29) is 5.69 Å². The zero-order chi connectivity index (χ0) is 14.4. The van der Waals surface area contributed by atoms with Crippen LogP contribution in [0.5, 0.6) is 0 Å². The maximum atomic E-state index is 11.5. The second kappa shape index (κ2) is 6.98. The molecule has 1 atom stereocenters. The van der Waals surface area contributed by atoms with Gasteiger partial charge >= 0.3 is 5.69 Å². The molecule has 1 unspecified atom stereocenters. The van der Waals surface area contributed by atoms with Crippen LogP contribution in [0.2, 0.25) is 0 Å². The van der Waals surface area contributed by atoms with Crippen LogP contribution in [-0.4, -0.2) is 15.6 Å². The number of nitrogens with zero attached hydrogens (tertiary/aromatic N) is 1. The van der Waals surface area contributed by atoms with Crippen molar-refractivity contribution < 1.29 is 0 Å². The molecule has 108 valence electrons. The number of rotatable bonds is 7. The average Bonchev–Trinajstić information content (AvgIpc) is 2.86. The van der Waals surface area contributed by atoms with E-state index >= 15 is 0 Å². The van der Waals surface area contributed by atoms with Crippen LogP contribution in [0, 0.1) is 0 Å². The number of aromatic amines is 1. The van der Waals surface area contributed by atoms with Crippen LogP contribution >= 0.6 is 0 Å². The first-order valence-electron chi connectivity index (χ1n) is 7.33. The molecule has 1 aromatic heterocycles. The molecule has 0 bridgehead atoms. The van der Waals surface area contributed by atoms with E-state index in [0.717, 1.165) is 11.4 Å². The Morgan fingerprint density at radius 1 is 1.25 bits per heavy atom. The maximum Gasteiger partial charge on any atom is 0.330 e. The Labute approximate surface area is 119 Å². The number of hydrogen-bond acceptors (Lipinski definition) is 2. The van der Waals surface area contributed by atoms with Crippen molar-refractivity contribution in [3.05, 3.63) is 47.1 Å². The minimum absolute atomic E-state index is 0.112. The quantitative estimate of drug-likeness (QED) is 0.758. The molecule has 4 heteroatoms. The lowest BCUT2D eigenvalue weighted by Gasteiger charge is -2.15. The highest BCUT2D eigenvalue weighted by Gasteiger charge is 2.03. The third kappa shape index (κ3) is 3.76. The molecule has 0 saturated carbocycles. The molecule has 0 fully saturated rings. The summed E-state index contributed by atoms with van der Waals surface area (Å²) in [5, 5.41) is 3.49. The summed E-state index contributed by atoms with van der Waals surface area (Å²) in [6, 6.07) is 8.42. The molecule has 2 rings (SSSR count). The average molecular weight is 273 g/mol. The van der Waals surface area contributed by atoms with Gasteiger partial charge in [0.15, 0.2) is 0 Å². The molecule has 0 aliphatic rings. The van der Waals surface area contributed by atoms with E-state index in [1.165, 1.54) is 25.7 Å². The first kappa shape index (κ1) is 14.4. The third-order valence-electron chi connectivity index (χ3n) is 3.45. The van der Waals surface area contributed by atoms with Crippen LogP contribution in [0.1, 0.15) is 39.5 Å². The fraction of sp³-hybridized carbons (Fsp3) is 0.438.